The molecule has 0 unspecified atom stereocenters. The lowest BCUT2D eigenvalue weighted by atomic mass is 10.1. The van der Waals surface area contributed by atoms with Crippen LogP contribution in [-0.4, -0.2) is 74.1 Å². The van der Waals surface area contributed by atoms with E-state index < -0.39 is 0 Å². The molecule has 1 fully saturated rings. The highest BCUT2D eigenvalue weighted by Crippen LogP contribution is 2.37. The lowest BCUT2D eigenvalue weighted by Gasteiger charge is -2.32. The van der Waals surface area contributed by atoms with Crippen molar-refractivity contribution in [1.29, 1.82) is 0 Å². The first-order valence-corrected chi connectivity index (χ1v) is 11.0. The Bertz CT molecular complexity index is 1190. The Morgan fingerprint density at radius 3 is 2.35 bits per heavy atom. The lowest BCUT2D eigenvalue weighted by molar-refractivity contribution is 0.149. The van der Waals surface area contributed by atoms with Gasteiger partial charge in [-0.05, 0) is 19.2 Å². The number of nitrogens with zero attached hydrogens (tertiary/aromatic N) is 7. The van der Waals surface area contributed by atoms with Gasteiger partial charge in [-0.15, -0.1) is 10.2 Å². The Labute approximate surface area is 186 Å². The van der Waals surface area contributed by atoms with Crippen molar-refractivity contribution < 1.29 is 0 Å². The van der Waals surface area contributed by atoms with E-state index in [-0.39, 0.29) is 0 Å². The van der Waals surface area contributed by atoms with Gasteiger partial charge in [0.05, 0.1) is 22.6 Å². The monoisotopic (exact) mass is 435 g/mol. The number of hydrogen-bond donors (Lipinski definition) is 0. The van der Waals surface area contributed by atoms with Crippen LogP contribution in [0.3, 0.4) is 0 Å². The van der Waals surface area contributed by atoms with Crippen molar-refractivity contribution in [2.75, 3.05) is 39.8 Å². The summed E-state index contributed by atoms with van der Waals surface area (Å²) >= 11 is 6.95. The predicted molar refractivity (Wildman–Crippen MR) is 124 cm³/mol. The number of halogens is 1. The summed E-state index contributed by atoms with van der Waals surface area (Å²) in [6.07, 6.45) is 1.98. The SMILES string of the molecule is CN1CCN(CCn2nc(-c3ccccc3)c3c(Cl)c(-c4cccn4C)nnc32)CC1. The summed E-state index contributed by atoms with van der Waals surface area (Å²) in [7, 11) is 4.15. The Balaban J connectivity index is 1.57. The van der Waals surface area contributed by atoms with E-state index in [1.54, 1.807) is 0 Å². The van der Waals surface area contributed by atoms with E-state index in [1.807, 2.05) is 52.8 Å². The van der Waals surface area contributed by atoms with Crippen LogP contribution in [-0.2, 0) is 13.6 Å². The summed E-state index contributed by atoms with van der Waals surface area (Å²) in [6, 6.07) is 14.1. The first-order valence-electron chi connectivity index (χ1n) is 10.6. The summed E-state index contributed by atoms with van der Waals surface area (Å²) in [5.74, 6) is 0. The topological polar surface area (TPSA) is 55.0 Å². The van der Waals surface area contributed by atoms with Crippen LogP contribution in [0.1, 0.15) is 0 Å². The minimum Gasteiger partial charge on any atom is -0.349 e. The second kappa shape index (κ2) is 8.42. The van der Waals surface area contributed by atoms with E-state index in [1.165, 1.54) is 0 Å². The fourth-order valence-corrected chi connectivity index (χ4v) is 4.46. The molecule has 4 aromatic rings. The Kier molecular flexibility index (Phi) is 5.48. The molecular formula is C23H26ClN7. The summed E-state index contributed by atoms with van der Waals surface area (Å²) < 4.78 is 3.96. The fraction of sp³-hybridized carbons (Fsp3) is 0.348. The molecule has 0 atom stereocenters. The van der Waals surface area contributed by atoms with Gasteiger partial charge in [-0.3, -0.25) is 4.90 Å². The molecule has 1 aliphatic heterocycles. The molecule has 3 aromatic heterocycles. The van der Waals surface area contributed by atoms with Crippen molar-refractivity contribution in [1.82, 2.24) is 34.3 Å². The number of piperazine rings is 1. The van der Waals surface area contributed by atoms with Gasteiger partial charge in [-0.2, -0.15) is 5.10 Å². The van der Waals surface area contributed by atoms with Gasteiger partial charge in [-0.1, -0.05) is 41.9 Å². The van der Waals surface area contributed by atoms with Crippen LogP contribution in [0.4, 0.5) is 0 Å². The molecule has 1 saturated heterocycles. The normalized spacial score (nSPS) is 15.7. The summed E-state index contributed by atoms with van der Waals surface area (Å²) in [5.41, 5.74) is 4.22. The van der Waals surface area contributed by atoms with E-state index in [2.05, 4.69) is 39.2 Å². The molecular weight excluding hydrogens is 410 g/mol. The average molecular weight is 436 g/mol. The highest BCUT2D eigenvalue weighted by Gasteiger charge is 2.22. The quantitative estimate of drug-likeness (QED) is 0.481. The molecule has 0 amide bonds. The minimum atomic E-state index is 0.594. The lowest BCUT2D eigenvalue weighted by Crippen LogP contribution is -2.45. The number of aromatic nitrogens is 5. The van der Waals surface area contributed by atoms with Crippen LogP contribution in [0.15, 0.2) is 48.7 Å². The molecule has 1 aromatic carbocycles. The molecule has 31 heavy (non-hydrogen) atoms. The molecule has 8 heteroatoms. The third-order valence-electron chi connectivity index (χ3n) is 6.06. The maximum Gasteiger partial charge on any atom is 0.182 e. The van der Waals surface area contributed by atoms with Crippen LogP contribution in [0.25, 0.3) is 33.7 Å². The van der Waals surface area contributed by atoms with E-state index in [0.29, 0.717) is 10.7 Å². The summed E-state index contributed by atoms with van der Waals surface area (Å²) in [6.45, 7) is 6.03. The minimum absolute atomic E-state index is 0.594. The molecule has 0 spiro atoms. The number of likely N-dealkylation sites (N-methyl/N-ethyl adjacent to an activating group) is 1. The molecule has 1 aliphatic rings. The van der Waals surface area contributed by atoms with Gasteiger partial charge in [0.15, 0.2) is 5.65 Å². The summed E-state index contributed by atoms with van der Waals surface area (Å²) in [4.78, 5) is 4.84. The highest BCUT2D eigenvalue weighted by molar-refractivity contribution is 6.38. The molecule has 0 saturated carbocycles. The van der Waals surface area contributed by atoms with Crippen molar-refractivity contribution in [3.05, 3.63) is 53.7 Å². The van der Waals surface area contributed by atoms with Gasteiger partial charge >= 0.3 is 0 Å². The van der Waals surface area contributed by atoms with Crippen LogP contribution < -0.4 is 0 Å². The number of fused-ring (bicyclic) bond motifs is 1. The van der Waals surface area contributed by atoms with Crippen LogP contribution in [0.5, 0.6) is 0 Å². The highest BCUT2D eigenvalue weighted by atomic mass is 35.5. The van der Waals surface area contributed by atoms with Crippen molar-refractivity contribution in [2.24, 2.45) is 7.05 Å². The number of aryl methyl sites for hydroxylation is 1. The van der Waals surface area contributed by atoms with Crippen LogP contribution in [0.2, 0.25) is 5.02 Å². The third-order valence-corrected chi connectivity index (χ3v) is 6.42. The van der Waals surface area contributed by atoms with E-state index in [4.69, 9.17) is 16.7 Å². The predicted octanol–water partition coefficient (Wildman–Crippen LogP) is 3.40. The second-order valence-corrected chi connectivity index (χ2v) is 8.53. The molecule has 4 heterocycles. The van der Waals surface area contributed by atoms with Crippen LogP contribution >= 0.6 is 11.6 Å². The standard InChI is InChI=1S/C23H26ClN7/c1-28-11-13-30(14-12-28)15-16-31-23-19(21(27-31)17-7-4-3-5-8-17)20(24)22(25-26-23)18-9-6-10-29(18)2/h3-10H,11-16H2,1-2H3. The average Bonchev–Trinajstić information content (AvgIpc) is 3.38. The van der Waals surface area contributed by atoms with Crippen molar-refractivity contribution in [2.45, 2.75) is 6.54 Å². The van der Waals surface area contributed by atoms with E-state index >= 15 is 0 Å². The van der Waals surface area contributed by atoms with E-state index in [0.717, 1.165) is 67.3 Å². The molecule has 5 rings (SSSR count). The molecule has 160 valence electrons. The molecule has 0 bridgehead atoms. The van der Waals surface area contributed by atoms with Crippen LogP contribution in [0, 0.1) is 0 Å². The molecule has 0 aliphatic carbocycles. The summed E-state index contributed by atoms with van der Waals surface area (Å²) in [5, 5.41) is 15.5. The third kappa shape index (κ3) is 3.84. The maximum absolute atomic E-state index is 6.95. The smallest absolute Gasteiger partial charge is 0.182 e. The molecule has 0 radical (unpaired) electrons. The molecule has 0 N–H and O–H groups in total. The van der Waals surface area contributed by atoms with Crippen molar-refractivity contribution in [3.63, 3.8) is 0 Å². The molecule has 7 nitrogen and oxygen atoms in total. The van der Waals surface area contributed by atoms with Gasteiger partial charge in [-0.25, -0.2) is 4.68 Å². The maximum atomic E-state index is 6.95. The van der Waals surface area contributed by atoms with Gasteiger partial charge < -0.3 is 9.47 Å². The van der Waals surface area contributed by atoms with Crippen molar-refractivity contribution >= 4 is 22.6 Å². The van der Waals surface area contributed by atoms with Gasteiger partial charge in [0.1, 0.15) is 11.4 Å². The first kappa shape index (κ1) is 20.2. The van der Waals surface area contributed by atoms with Crippen molar-refractivity contribution in [3.8, 4) is 22.6 Å². The van der Waals surface area contributed by atoms with Gasteiger partial charge in [0.2, 0.25) is 0 Å². The zero-order chi connectivity index (χ0) is 21.4. The largest absolute Gasteiger partial charge is 0.349 e. The number of benzene rings is 1. The Morgan fingerprint density at radius 1 is 0.871 bits per heavy atom. The zero-order valence-corrected chi connectivity index (χ0v) is 18.6. The Hall–Kier alpha value is -2.74. The number of rotatable bonds is 5. The zero-order valence-electron chi connectivity index (χ0n) is 17.9. The van der Waals surface area contributed by atoms with Gasteiger partial charge in [0.25, 0.3) is 0 Å². The van der Waals surface area contributed by atoms with Gasteiger partial charge in [0, 0.05) is 51.5 Å². The second-order valence-electron chi connectivity index (χ2n) is 8.15. The first-order chi connectivity index (χ1) is 15.1. The fourth-order valence-electron chi connectivity index (χ4n) is 4.15. The number of hydrogen-bond acceptors (Lipinski definition) is 5. The van der Waals surface area contributed by atoms with E-state index in [9.17, 15) is 0 Å². The Morgan fingerprint density at radius 2 is 1.65 bits per heavy atom.